The smallest absolute Gasteiger partial charge is 0.481 e. The lowest BCUT2D eigenvalue weighted by Gasteiger charge is -2.23. The molecule has 0 aromatic rings. The number of carboxylic acids is 1. The molecule has 1 saturated heterocycles. The summed E-state index contributed by atoms with van der Waals surface area (Å²) in [6, 6.07) is 0. The number of carbonyl (C=O) groups excluding carboxylic acids is 1. The number of aliphatic hydroxyl groups is 1. The molecule has 0 aromatic carbocycles. The summed E-state index contributed by atoms with van der Waals surface area (Å²) in [7, 11) is 0. The SMILES string of the molecule is CCCCCC(O)CCC1C2CC(OC(=O)O2)C1CC=CCCCC(=O)O. The van der Waals surface area contributed by atoms with Crippen molar-refractivity contribution < 1.29 is 29.3 Å². The van der Waals surface area contributed by atoms with E-state index in [-0.39, 0.29) is 36.6 Å². The molecule has 1 aliphatic carbocycles. The van der Waals surface area contributed by atoms with Crippen LogP contribution in [0.3, 0.4) is 0 Å². The fourth-order valence-electron chi connectivity index (χ4n) is 4.30. The van der Waals surface area contributed by atoms with Gasteiger partial charge in [-0.3, -0.25) is 4.79 Å². The highest BCUT2D eigenvalue weighted by Gasteiger charge is 2.50. The monoisotopic (exact) mass is 382 g/mol. The number of unbranched alkanes of at least 4 members (excludes halogenated alkanes) is 3. The zero-order valence-corrected chi connectivity index (χ0v) is 16.3. The predicted octanol–water partition coefficient (Wildman–Crippen LogP) is 4.45. The van der Waals surface area contributed by atoms with Crippen LogP contribution in [-0.4, -0.2) is 40.6 Å². The number of hydrogen-bond donors (Lipinski definition) is 2. The Balaban J connectivity index is 1.83. The first-order valence-corrected chi connectivity index (χ1v) is 10.4. The molecule has 2 N–H and O–H groups in total. The average Bonchev–Trinajstić information content (AvgIpc) is 2.86. The Morgan fingerprint density at radius 3 is 2.59 bits per heavy atom. The number of allylic oxidation sites excluding steroid dienone is 2. The second-order valence-corrected chi connectivity index (χ2v) is 7.85. The van der Waals surface area contributed by atoms with E-state index < -0.39 is 12.1 Å². The topological polar surface area (TPSA) is 93.1 Å². The van der Waals surface area contributed by atoms with Crippen molar-refractivity contribution in [2.45, 2.75) is 95.9 Å². The molecular weight excluding hydrogens is 348 g/mol. The highest BCUT2D eigenvalue weighted by Crippen LogP contribution is 2.44. The maximum absolute atomic E-state index is 11.6. The van der Waals surface area contributed by atoms with Gasteiger partial charge in [0.1, 0.15) is 12.2 Å². The highest BCUT2D eigenvalue weighted by atomic mass is 16.7. The van der Waals surface area contributed by atoms with Crippen LogP contribution in [0, 0.1) is 11.8 Å². The molecule has 27 heavy (non-hydrogen) atoms. The van der Waals surface area contributed by atoms with Gasteiger partial charge in [-0.1, -0.05) is 38.3 Å². The van der Waals surface area contributed by atoms with Crippen molar-refractivity contribution in [3.63, 3.8) is 0 Å². The van der Waals surface area contributed by atoms with Crippen LogP contribution >= 0.6 is 0 Å². The van der Waals surface area contributed by atoms with Crippen LogP contribution in [0.1, 0.15) is 77.6 Å². The third kappa shape index (κ3) is 7.17. The van der Waals surface area contributed by atoms with E-state index in [1.165, 1.54) is 0 Å². The Morgan fingerprint density at radius 1 is 1.15 bits per heavy atom. The standard InChI is InChI=1S/C21H34O6/c1-2-3-6-9-15(22)12-13-17-16(10-7-4-5-8-11-20(23)24)18-14-19(17)27-21(25)26-18/h4,7,15-19,22H,2-3,5-6,8-14H2,1H3,(H,23,24). The first kappa shape index (κ1) is 21.7. The second kappa shape index (κ2) is 11.3. The molecule has 154 valence electrons. The summed E-state index contributed by atoms with van der Waals surface area (Å²) >= 11 is 0. The van der Waals surface area contributed by atoms with E-state index in [9.17, 15) is 14.7 Å². The van der Waals surface area contributed by atoms with E-state index in [4.69, 9.17) is 14.6 Å². The fraction of sp³-hybridized carbons (Fsp3) is 0.810. The summed E-state index contributed by atoms with van der Waals surface area (Å²) in [6.45, 7) is 2.15. The van der Waals surface area contributed by atoms with Gasteiger partial charge in [-0.2, -0.15) is 0 Å². The summed E-state index contributed by atoms with van der Waals surface area (Å²) in [6.07, 6.45) is 11.8. The minimum atomic E-state index is -0.769. The van der Waals surface area contributed by atoms with Crippen LogP contribution in [0.25, 0.3) is 0 Å². The summed E-state index contributed by atoms with van der Waals surface area (Å²) in [4.78, 5) is 22.2. The highest BCUT2D eigenvalue weighted by molar-refractivity contribution is 5.66. The Hall–Kier alpha value is -1.56. The van der Waals surface area contributed by atoms with Crippen LogP contribution < -0.4 is 0 Å². The molecule has 0 amide bonds. The lowest BCUT2D eigenvalue weighted by Crippen LogP contribution is -2.28. The van der Waals surface area contributed by atoms with Gasteiger partial charge < -0.3 is 19.7 Å². The van der Waals surface area contributed by atoms with Crippen LogP contribution in [0.5, 0.6) is 0 Å². The van der Waals surface area contributed by atoms with Crippen molar-refractivity contribution >= 4 is 12.1 Å². The molecule has 5 atom stereocenters. The minimum absolute atomic E-state index is 0.107. The Bertz CT molecular complexity index is 503. The average molecular weight is 382 g/mol. The van der Waals surface area contributed by atoms with Crippen molar-refractivity contribution in [3.8, 4) is 0 Å². The van der Waals surface area contributed by atoms with Crippen molar-refractivity contribution in [2.75, 3.05) is 0 Å². The molecule has 1 saturated carbocycles. The third-order valence-electron chi connectivity index (χ3n) is 5.78. The number of rotatable bonds is 13. The maximum atomic E-state index is 11.6. The van der Waals surface area contributed by atoms with Crippen molar-refractivity contribution in [3.05, 3.63) is 12.2 Å². The predicted molar refractivity (Wildman–Crippen MR) is 101 cm³/mol. The molecule has 6 heteroatoms. The summed E-state index contributed by atoms with van der Waals surface area (Å²) in [5.74, 6) is -0.347. The Morgan fingerprint density at radius 2 is 1.89 bits per heavy atom. The molecule has 1 heterocycles. The fourth-order valence-corrected chi connectivity index (χ4v) is 4.30. The van der Waals surface area contributed by atoms with Crippen molar-refractivity contribution in [1.82, 2.24) is 0 Å². The van der Waals surface area contributed by atoms with Crippen LogP contribution in [-0.2, 0) is 14.3 Å². The summed E-state index contributed by atoms with van der Waals surface area (Å²) in [5.41, 5.74) is 0. The molecule has 2 bridgehead atoms. The van der Waals surface area contributed by atoms with Gasteiger partial charge in [-0.15, -0.1) is 0 Å². The zero-order valence-electron chi connectivity index (χ0n) is 16.3. The van der Waals surface area contributed by atoms with Gasteiger partial charge in [0.05, 0.1) is 6.10 Å². The number of aliphatic carboxylic acids is 1. The number of carbonyl (C=O) groups is 2. The molecule has 1 aliphatic heterocycles. The van der Waals surface area contributed by atoms with E-state index in [1.807, 2.05) is 6.08 Å². The number of fused-ring (bicyclic) bond motifs is 2. The lowest BCUT2D eigenvalue weighted by molar-refractivity contribution is -0.137. The van der Waals surface area contributed by atoms with Crippen LogP contribution in [0.4, 0.5) is 4.79 Å². The van der Waals surface area contributed by atoms with Gasteiger partial charge in [0.15, 0.2) is 0 Å². The van der Waals surface area contributed by atoms with Crippen molar-refractivity contribution in [2.24, 2.45) is 11.8 Å². The van der Waals surface area contributed by atoms with Gasteiger partial charge in [-0.25, -0.2) is 4.79 Å². The molecule has 2 rings (SSSR count). The van der Waals surface area contributed by atoms with Gasteiger partial charge in [0, 0.05) is 24.7 Å². The minimum Gasteiger partial charge on any atom is -0.481 e. The molecule has 5 unspecified atom stereocenters. The Labute approximate surface area is 161 Å². The van der Waals surface area contributed by atoms with E-state index >= 15 is 0 Å². The van der Waals surface area contributed by atoms with Gasteiger partial charge >= 0.3 is 12.1 Å². The number of hydrogen-bond acceptors (Lipinski definition) is 5. The lowest BCUT2D eigenvalue weighted by atomic mass is 9.85. The summed E-state index contributed by atoms with van der Waals surface area (Å²) < 4.78 is 10.8. The van der Waals surface area contributed by atoms with E-state index in [2.05, 4.69) is 13.0 Å². The first-order valence-electron chi connectivity index (χ1n) is 10.4. The number of ether oxygens (including phenoxy) is 2. The Kier molecular flexibility index (Phi) is 9.11. The van der Waals surface area contributed by atoms with E-state index in [0.29, 0.717) is 6.42 Å². The second-order valence-electron chi connectivity index (χ2n) is 7.85. The molecule has 0 spiro atoms. The summed E-state index contributed by atoms with van der Waals surface area (Å²) in [5, 5.41) is 18.9. The number of carboxylic acid groups (broad SMARTS) is 1. The van der Waals surface area contributed by atoms with E-state index in [1.54, 1.807) is 0 Å². The first-order chi connectivity index (χ1) is 13.0. The molecule has 6 nitrogen and oxygen atoms in total. The molecule has 0 aromatic heterocycles. The molecular formula is C21H34O6. The normalized spacial score (nSPS) is 28.1. The quantitative estimate of drug-likeness (QED) is 0.278. The van der Waals surface area contributed by atoms with Gasteiger partial charge in [0.2, 0.25) is 0 Å². The van der Waals surface area contributed by atoms with Crippen LogP contribution in [0.15, 0.2) is 12.2 Å². The van der Waals surface area contributed by atoms with Gasteiger partial charge in [-0.05, 0) is 38.5 Å². The van der Waals surface area contributed by atoms with Crippen molar-refractivity contribution in [1.29, 1.82) is 0 Å². The third-order valence-corrected chi connectivity index (χ3v) is 5.78. The largest absolute Gasteiger partial charge is 0.508 e. The van der Waals surface area contributed by atoms with E-state index in [0.717, 1.165) is 57.8 Å². The zero-order chi connectivity index (χ0) is 19.6. The maximum Gasteiger partial charge on any atom is 0.508 e. The van der Waals surface area contributed by atoms with Crippen LogP contribution in [0.2, 0.25) is 0 Å². The van der Waals surface area contributed by atoms with Gasteiger partial charge in [0.25, 0.3) is 0 Å². The molecule has 2 fully saturated rings. The number of aliphatic hydroxyl groups excluding tert-OH is 1. The molecule has 0 radical (unpaired) electrons. The molecule has 2 aliphatic rings.